The van der Waals surface area contributed by atoms with Crippen LogP contribution in [0, 0.1) is 0 Å². The summed E-state index contributed by atoms with van der Waals surface area (Å²) in [6.45, 7) is 0.0426. The maximum atomic E-state index is 11.7. The van der Waals surface area contributed by atoms with Gasteiger partial charge >= 0.3 is 10.3 Å². The quantitative estimate of drug-likeness (QED) is 0.902. The average Bonchev–Trinajstić information content (AvgIpc) is 2.78. The number of hydrogen-bond acceptors (Lipinski definition) is 3. The SMILES string of the molecule is O=S1(=O)NC(c2ccccc2)(c2ccc(Br)cc2)CO1. The highest BCUT2D eigenvalue weighted by Gasteiger charge is 2.45. The molecule has 1 N–H and O–H groups in total. The lowest BCUT2D eigenvalue weighted by Crippen LogP contribution is -2.41. The van der Waals surface area contributed by atoms with Gasteiger partial charge < -0.3 is 0 Å². The van der Waals surface area contributed by atoms with Crippen molar-refractivity contribution in [2.45, 2.75) is 5.54 Å². The number of hydrogen-bond donors (Lipinski definition) is 1. The third kappa shape index (κ3) is 2.40. The molecule has 0 spiro atoms. The average molecular weight is 354 g/mol. The molecular weight excluding hydrogens is 342 g/mol. The lowest BCUT2D eigenvalue weighted by atomic mass is 9.84. The molecule has 1 saturated heterocycles. The minimum atomic E-state index is -3.72. The van der Waals surface area contributed by atoms with Crippen LogP contribution in [-0.2, 0) is 20.0 Å². The zero-order valence-electron chi connectivity index (χ0n) is 10.4. The van der Waals surface area contributed by atoms with E-state index in [-0.39, 0.29) is 6.61 Å². The van der Waals surface area contributed by atoms with Crippen molar-refractivity contribution >= 4 is 26.2 Å². The van der Waals surface area contributed by atoms with Crippen molar-refractivity contribution in [1.82, 2.24) is 4.72 Å². The van der Waals surface area contributed by atoms with Gasteiger partial charge in [-0.3, -0.25) is 4.18 Å². The zero-order chi connectivity index (χ0) is 14.2. The predicted octanol–water partition coefficient (Wildman–Crippen LogP) is 2.56. The summed E-state index contributed by atoms with van der Waals surface area (Å²) < 4.78 is 31.9. The molecule has 1 atom stereocenters. The Hall–Kier alpha value is -1.21. The maximum Gasteiger partial charge on any atom is 0.337 e. The third-order valence-electron chi connectivity index (χ3n) is 3.33. The molecule has 0 bridgehead atoms. The Morgan fingerprint density at radius 2 is 1.60 bits per heavy atom. The first-order valence-electron chi connectivity index (χ1n) is 6.02. The molecule has 1 aliphatic heterocycles. The first kappa shape index (κ1) is 13.8. The van der Waals surface area contributed by atoms with E-state index in [2.05, 4.69) is 20.7 Å². The van der Waals surface area contributed by atoms with Crippen LogP contribution in [0.3, 0.4) is 0 Å². The molecule has 2 aromatic carbocycles. The smallest absolute Gasteiger partial charge is 0.255 e. The number of nitrogens with one attached hydrogen (secondary N) is 1. The molecule has 1 heterocycles. The van der Waals surface area contributed by atoms with Crippen LogP contribution in [0.4, 0.5) is 0 Å². The van der Waals surface area contributed by atoms with Crippen LogP contribution >= 0.6 is 15.9 Å². The molecule has 0 aliphatic carbocycles. The molecule has 20 heavy (non-hydrogen) atoms. The van der Waals surface area contributed by atoms with Crippen molar-refractivity contribution in [1.29, 1.82) is 0 Å². The summed E-state index contributed by atoms with van der Waals surface area (Å²) in [5, 5.41) is 0. The van der Waals surface area contributed by atoms with Crippen LogP contribution < -0.4 is 4.72 Å². The molecule has 0 aromatic heterocycles. The van der Waals surface area contributed by atoms with E-state index in [0.717, 1.165) is 15.6 Å². The largest absolute Gasteiger partial charge is 0.337 e. The van der Waals surface area contributed by atoms with E-state index in [1.807, 2.05) is 54.6 Å². The second kappa shape index (κ2) is 4.96. The molecule has 104 valence electrons. The minimum absolute atomic E-state index is 0.0426. The van der Waals surface area contributed by atoms with Gasteiger partial charge in [0.1, 0.15) is 5.54 Å². The summed E-state index contributed by atoms with van der Waals surface area (Å²) in [6.07, 6.45) is 0. The first-order valence-corrected chi connectivity index (χ1v) is 8.22. The normalized spacial score (nSPS) is 24.6. The number of rotatable bonds is 2. The van der Waals surface area contributed by atoms with Gasteiger partial charge in [0.05, 0.1) is 6.61 Å². The monoisotopic (exact) mass is 353 g/mol. The third-order valence-corrected chi connectivity index (χ3v) is 4.89. The van der Waals surface area contributed by atoms with Crippen LogP contribution in [0.2, 0.25) is 0 Å². The molecule has 2 aromatic rings. The zero-order valence-corrected chi connectivity index (χ0v) is 12.8. The van der Waals surface area contributed by atoms with E-state index >= 15 is 0 Å². The summed E-state index contributed by atoms with van der Waals surface area (Å²) in [5.41, 5.74) is 0.817. The second-order valence-corrected chi connectivity index (χ2v) is 6.86. The highest BCUT2D eigenvalue weighted by Crippen LogP contribution is 2.35. The molecular formula is C14H12BrNO3S. The fraction of sp³-hybridized carbons (Fsp3) is 0.143. The van der Waals surface area contributed by atoms with Crippen LogP contribution in [0.1, 0.15) is 11.1 Å². The van der Waals surface area contributed by atoms with Gasteiger partial charge in [0.2, 0.25) is 0 Å². The minimum Gasteiger partial charge on any atom is -0.255 e. The molecule has 1 unspecified atom stereocenters. The molecule has 3 rings (SSSR count). The summed E-state index contributed by atoms with van der Waals surface area (Å²) in [6, 6.07) is 17.0. The van der Waals surface area contributed by atoms with E-state index in [1.165, 1.54) is 0 Å². The van der Waals surface area contributed by atoms with Gasteiger partial charge in [0.15, 0.2) is 0 Å². The van der Waals surface area contributed by atoms with Gasteiger partial charge in [-0.2, -0.15) is 13.1 Å². The van der Waals surface area contributed by atoms with Gasteiger partial charge in [0.25, 0.3) is 0 Å². The van der Waals surface area contributed by atoms with E-state index in [9.17, 15) is 8.42 Å². The lowest BCUT2D eigenvalue weighted by molar-refractivity contribution is 0.300. The number of halogens is 1. The summed E-state index contributed by atoms with van der Waals surface area (Å²) in [4.78, 5) is 0. The highest BCUT2D eigenvalue weighted by molar-refractivity contribution is 9.10. The van der Waals surface area contributed by atoms with Crippen molar-refractivity contribution in [3.05, 3.63) is 70.2 Å². The first-order chi connectivity index (χ1) is 9.52. The van der Waals surface area contributed by atoms with Crippen LogP contribution in [0.25, 0.3) is 0 Å². The Morgan fingerprint density at radius 3 is 2.15 bits per heavy atom. The van der Waals surface area contributed by atoms with Crippen molar-refractivity contribution in [2.75, 3.05) is 6.61 Å². The predicted molar refractivity (Wildman–Crippen MR) is 79.4 cm³/mol. The molecule has 6 heteroatoms. The van der Waals surface area contributed by atoms with E-state index in [1.54, 1.807) is 0 Å². The van der Waals surface area contributed by atoms with Crippen molar-refractivity contribution in [3.8, 4) is 0 Å². The highest BCUT2D eigenvalue weighted by atomic mass is 79.9. The molecule has 1 aliphatic rings. The van der Waals surface area contributed by atoms with Gasteiger partial charge in [-0.05, 0) is 23.3 Å². The molecule has 0 radical (unpaired) electrons. The molecule has 0 amide bonds. The fourth-order valence-corrected chi connectivity index (χ4v) is 3.72. The van der Waals surface area contributed by atoms with Gasteiger partial charge in [-0.15, -0.1) is 0 Å². The van der Waals surface area contributed by atoms with Gasteiger partial charge in [-0.25, -0.2) is 0 Å². The second-order valence-electron chi connectivity index (χ2n) is 4.60. The molecule has 0 saturated carbocycles. The topological polar surface area (TPSA) is 55.4 Å². The molecule has 1 fully saturated rings. The lowest BCUT2D eigenvalue weighted by Gasteiger charge is -2.27. The Bertz CT molecular complexity index is 716. The Balaban J connectivity index is 2.17. The Kier molecular flexibility index (Phi) is 3.41. The van der Waals surface area contributed by atoms with E-state index in [0.29, 0.717) is 0 Å². The van der Waals surface area contributed by atoms with Gasteiger partial charge in [0, 0.05) is 4.47 Å². The van der Waals surface area contributed by atoms with Crippen LogP contribution in [-0.4, -0.2) is 15.0 Å². The Morgan fingerprint density at radius 1 is 1.00 bits per heavy atom. The van der Waals surface area contributed by atoms with E-state index in [4.69, 9.17) is 4.18 Å². The summed E-state index contributed by atoms with van der Waals surface area (Å²) in [5.74, 6) is 0. The van der Waals surface area contributed by atoms with Crippen molar-refractivity contribution in [2.24, 2.45) is 0 Å². The van der Waals surface area contributed by atoms with E-state index < -0.39 is 15.8 Å². The number of benzene rings is 2. The Labute approximate surface area is 126 Å². The van der Waals surface area contributed by atoms with Crippen LogP contribution in [0.5, 0.6) is 0 Å². The van der Waals surface area contributed by atoms with Crippen molar-refractivity contribution in [3.63, 3.8) is 0 Å². The summed E-state index contributed by atoms with van der Waals surface area (Å²) in [7, 11) is -3.72. The summed E-state index contributed by atoms with van der Waals surface area (Å²) >= 11 is 3.38. The van der Waals surface area contributed by atoms with Crippen molar-refractivity contribution < 1.29 is 12.6 Å². The fourth-order valence-electron chi connectivity index (χ4n) is 2.35. The maximum absolute atomic E-state index is 11.7. The standard InChI is InChI=1S/C14H12BrNO3S/c15-13-8-6-12(7-9-13)14(10-19-20(17,18)16-14)11-4-2-1-3-5-11/h1-9,16H,10H2. The van der Waals surface area contributed by atoms with Gasteiger partial charge in [-0.1, -0.05) is 58.4 Å². The van der Waals surface area contributed by atoms with Crippen LogP contribution in [0.15, 0.2) is 59.1 Å². The molecule has 4 nitrogen and oxygen atoms in total.